The molecule has 1 unspecified atom stereocenters. The molecule has 0 aromatic rings. The van der Waals surface area contributed by atoms with E-state index in [2.05, 4.69) is 0 Å². The minimum Gasteiger partial charge on any atom is -0.324 e. The largest absolute Gasteiger partial charge is 0.324 e. The van der Waals surface area contributed by atoms with Gasteiger partial charge in [-0.3, -0.25) is 0 Å². The Kier molecular flexibility index (Phi) is 4.13. The number of allylic oxidation sites excluding steroid dienone is 1. The highest BCUT2D eigenvalue weighted by Gasteiger charge is 2.15. The molecule has 1 aliphatic carbocycles. The van der Waals surface area contributed by atoms with Crippen LogP contribution in [0.4, 0.5) is 0 Å². The molecule has 2 N–H and O–H groups in total. The predicted molar refractivity (Wildman–Crippen MR) is 58.9 cm³/mol. The molecule has 3 nitrogen and oxygen atoms in total. The van der Waals surface area contributed by atoms with Crippen molar-refractivity contribution in [3.8, 4) is 0 Å². The first-order chi connectivity index (χ1) is 6.53. The van der Waals surface area contributed by atoms with E-state index < -0.39 is 9.84 Å². The quantitative estimate of drug-likeness (QED) is 0.705. The smallest absolute Gasteiger partial charge is 0.150 e. The van der Waals surface area contributed by atoms with Crippen LogP contribution in [0.5, 0.6) is 0 Å². The molecule has 0 bridgehead atoms. The Bertz CT molecular complexity index is 306. The van der Waals surface area contributed by atoms with Crippen LogP contribution in [0.1, 0.15) is 32.6 Å². The van der Waals surface area contributed by atoms with Crippen LogP contribution >= 0.6 is 0 Å². The van der Waals surface area contributed by atoms with Gasteiger partial charge in [0.25, 0.3) is 0 Å². The molecule has 0 amide bonds. The van der Waals surface area contributed by atoms with Gasteiger partial charge in [0, 0.05) is 11.8 Å². The highest BCUT2D eigenvalue weighted by Crippen LogP contribution is 2.20. The monoisotopic (exact) mass is 217 g/mol. The molecule has 1 aliphatic rings. The molecule has 1 atom stereocenters. The molecule has 0 spiro atoms. The van der Waals surface area contributed by atoms with Crippen LogP contribution < -0.4 is 5.73 Å². The summed E-state index contributed by atoms with van der Waals surface area (Å²) in [5.74, 6) is 0.603. The van der Waals surface area contributed by atoms with E-state index >= 15 is 0 Å². The van der Waals surface area contributed by atoms with E-state index in [1.807, 2.05) is 13.0 Å². The van der Waals surface area contributed by atoms with Crippen molar-refractivity contribution in [1.82, 2.24) is 0 Å². The Morgan fingerprint density at radius 3 is 2.71 bits per heavy atom. The van der Waals surface area contributed by atoms with Crippen LogP contribution in [0.25, 0.3) is 0 Å². The first kappa shape index (κ1) is 11.7. The Morgan fingerprint density at radius 2 is 2.21 bits per heavy atom. The summed E-state index contributed by atoms with van der Waals surface area (Å²) in [4.78, 5) is 0. The van der Waals surface area contributed by atoms with Crippen LogP contribution in [-0.2, 0) is 9.84 Å². The summed E-state index contributed by atoms with van der Waals surface area (Å²) < 4.78 is 22.8. The molecular formula is C10H19NO2S. The summed E-state index contributed by atoms with van der Waals surface area (Å²) in [7, 11) is -2.82. The summed E-state index contributed by atoms with van der Waals surface area (Å²) in [6, 6.07) is 0.152. The van der Waals surface area contributed by atoms with Gasteiger partial charge in [-0.15, -0.1) is 0 Å². The van der Waals surface area contributed by atoms with Crippen molar-refractivity contribution >= 4 is 9.84 Å². The predicted octanol–water partition coefficient (Wildman–Crippen LogP) is 1.25. The second-order valence-corrected chi connectivity index (χ2v) is 6.23. The van der Waals surface area contributed by atoms with Gasteiger partial charge in [-0.2, -0.15) is 0 Å². The Hall–Kier alpha value is -0.350. The fourth-order valence-electron chi connectivity index (χ4n) is 1.73. The molecule has 0 heterocycles. The van der Waals surface area contributed by atoms with Crippen molar-refractivity contribution in [1.29, 1.82) is 0 Å². The first-order valence-corrected chi connectivity index (χ1v) is 7.01. The molecule has 1 rings (SSSR count). The third kappa shape index (κ3) is 3.80. The van der Waals surface area contributed by atoms with E-state index in [1.165, 1.54) is 5.57 Å². The number of rotatable bonds is 5. The zero-order chi connectivity index (χ0) is 10.6. The highest BCUT2D eigenvalue weighted by atomic mass is 32.2. The van der Waals surface area contributed by atoms with Crippen molar-refractivity contribution in [3.05, 3.63) is 11.6 Å². The molecular weight excluding hydrogens is 198 g/mol. The molecule has 0 radical (unpaired) electrons. The molecule has 0 aromatic heterocycles. The number of sulfone groups is 1. The van der Waals surface area contributed by atoms with Crippen LogP contribution in [0.2, 0.25) is 0 Å². The number of hydrogen-bond acceptors (Lipinski definition) is 3. The van der Waals surface area contributed by atoms with Gasteiger partial charge in [0.2, 0.25) is 0 Å². The van der Waals surface area contributed by atoms with Crippen LogP contribution in [0, 0.1) is 0 Å². The number of nitrogens with two attached hydrogens (primary N) is 1. The molecule has 0 aromatic carbocycles. The van der Waals surface area contributed by atoms with E-state index in [9.17, 15) is 8.42 Å². The Morgan fingerprint density at radius 1 is 1.50 bits per heavy atom. The lowest BCUT2D eigenvalue weighted by Gasteiger charge is -2.02. The zero-order valence-corrected chi connectivity index (χ0v) is 9.52. The van der Waals surface area contributed by atoms with Crippen LogP contribution in [0.3, 0.4) is 0 Å². The fraction of sp³-hybridized carbons (Fsp3) is 0.800. The molecule has 0 aliphatic heterocycles. The maximum absolute atomic E-state index is 11.4. The first-order valence-electron chi connectivity index (χ1n) is 5.19. The standard InChI is InChI=1S/C10H19NO2S/c1-2-6-14(12,13)7-5-9-3-4-10(11)8-9/h8,10H,2-7,11H2,1H3. The second-order valence-electron chi connectivity index (χ2n) is 3.93. The Balaban J connectivity index is 2.37. The van der Waals surface area contributed by atoms with E-state index in [0.717, 1.165) is 12.8 Å². The van der Waals surface area contributed by atoms with Gasteiger partial charge < -0.3 is 5.73 Å². The van der Waals surface area contributed by atoms with Gasteiger partial charge in [0.1, 0.15) is 0 Å². The van der Waals surface area contributed by atoms with E-state index in [-0.39, 0.29) is 6.04 Å². The second kappa shape index (κ2) is 4.94. The average molecular weight is 217 g/mol. The van der Waals surface area contributed by atoms with Gasteiger partial charge in [0.15, 0.2) is 9.84 Å². The SMILES string of the molecule is CCCS(=O)(=O)CCC1=CC(N)CC1. The third-order valence-electron chi connectivity index (χ3n) is 2.50. The van der Waals surface area contributed by atoms with Crippen LogP contribution in [-0.4, -0.2) is 26.0 Å². The molecule has 0 saturated carbocycles. The summed E-state index contributed by atoms with van der Waals surface area (Å²) in [6.07, 6.45) is 5.35. The van der Waals surface area contributed by atoms with Crippen molar-refractivity contribution in [2.24, 2.45) is 5.73 Å². The van der Waals surface area contributed by atoms with Crippen molar-refractivity contribution in [2.45, 2.75) is 38.6 Å². The lowest BCUT2D eigenvalue weighted by molar-refractivity contribution is 0.593. The van der Waals surface area contributed by atoms with E-state index in [4.69, 9.17) is 5.73 Å². The van der Waals surface area contributed by atoms with Gasteiger partial charge in [-0.1, -0.05) is 18.6 Å². The lowest BCUT2D eigenvalue weighted by atomic mass is 10.2. The molecule has 4 heteroatoms. The maximum Gasteiger partial charge on any atom is 0.150 e. The van der Waals surface area contributed by atoms with Crippen molar-refractivity contribution in [2.75, 3.05) is 11.5 Å². The normalized spacial score (nSPS) is 22.4. The summed E-state index contributed by atoms with van der Waals surface area (Å²) >= 11 is 0. The molecule has 0 saturated heterocycles. The van der Waals surface area contributed by atoms with Crippen molar-refractivity contribution < 1.29 is 8.42 Å². The summed E-state index contributed by atoms with van der Waals surface area (Å²) in [5.41, 5.74) is 6.92. The zero-order valence-electron chi connectivity index (χ0n) is 8.70. The topological polar surface area (TPSA) is 60.2 Å². The Labute approximate surface area is 86.3 Å². The highest BCUT2D eigenvalue weighted by molar-refractivity contribution is 7.91. The van der Waals surface area contributed by atoms with E-state index in [0.29, 0.717) is 24.3 Å². The summed E-state index contributed by atoms with van der Waals surface area (Å²) in [6.45, 7) is 1.89. The third-order valence-corrected chi connectivity index (χ3v) is 4.35. The van der Waals surface area contributed by atoms with Gasteiger partial charge in [-0.05, 0) is 25.7 Å². The van der Waals surface area contributed by atoms with E-state index in [1.54, 1.807) is 0 Å². The molecule has 0 fully saturated rings. The number of hydrogen-bond donors (Lipinski definition) is 1. The minimum atomic E-state index is -2.82. The van der Waals surface area contributed by atoms with Gasteiger partial charge in [0.05, 0.1) is 5.75 Å². The van der Waals surface area contributed by atoms with Crippen molar-refractivity contribution in [3.63, 3.8) is 0 Å². The summed E-state index contributed by atoms with van der Waals surface area (Å²) in [5, 5.41) is 0. The average Bonchev–Trinajstić information content (AvgIpc) is 2.48. The molecule has 82 valence electrons. The maximum atomic E-state index is 11.4. The fourth-order valence-corrected chi connectivity index (χ4v) is 3.13. The lowest BCUT2D eigenvalue weighted by Crippen LogP contribution is -2.12. The minimum absolute atomic E-state index is 0.152. The van der Waals surface area contributed by atoms with Gasteiger partial charge in [-0.25, -0.2) is 8.42 Å². The molecule has 14 heavy (non-hydrogen) atoms. The van der Waals surface area contributed by atoms with Gasteiger partial charge >= 0.3 is 0 Å². The van der Waals surface area contributed by atoms with Crippen LogP contribution in [0.15, 0.2) is 11.6 Å².